The Balaban J connectivity index is 2.50. The number of aliphatic carboxylic acids is 1. The Morgan fingerprint density at radius 1 is 1.33 bits per heavy atom. The minimum atomic E-state index is -0.861. The summed E-state index contributed by atoms with van der Waals surface area (Å²) in [7, 11) is 0. The summed E-state index contributed by atoms with van der Waals surface area (Å²) in [5.74, 6) is -0.209. The molecular formula is C12H14N4O2. The van der Waals surface area contributed by atoms with Crippen molar-refractivity contribution in [3.63, 3.8) is 0 Å². The highest BCUT2D eigenvalue weighted by molar-refractivity contribution is 5.71. The zero-order valence-electron chi connectivity index (χ0n) is 10.5. The normalized spacial score (nSPS) is 10.6. The summed E-state index contributed by atoms with van der Waals surface area (Å²) in [5.41, 5.74) is 3.09. The Morgan fingerprint density at radius 2 is 2.06 bits per heavy atom. The number of carbonyl (C=O) groups is 1. The van der Waals surface area contributed by atoms with Gasteiger partial charge >= 0.3 is 5.97 Å². The summed E-state index contributed by atoms with van der Waals surface area (Å²) in [5, 5.41) is 13.2. The van der Waals surface area contributed by atoms with Crippen molar-refractivity contribution in [1.29, 1.82) is 0 Å². The van der Waals surface area contributed by atoms with Gasteiger partial charge in [0.05, 0.1) is 12.1 Å². The number of aromatic nitrogens is 4. The van der Waals surface area contributed by atoms with Crippen LogP contribution in [0.3, 0.4) is 0 Å². The molecule has 2 heterocycles. The molecule has 0 unspecified atom stereocenters. The predicted octanol–water partition coefficient (Wildman–Crippen LogP) is 1.21. The molecule has 0 bridgehead atoms. The van der Waals surface area contributed by atoms with E-state index in [0.717, 1.165) is 17.0 Å². The highest BCUT2D eigenvalue weighted by atomic mass is 16.4. The fourth-order valence-corrected chi connectivity index (χ4v) is 1.86. The fraction of sp³-hybridized carbons (Fsp3) is 0.333. The van der Waals surface area contributed by atoms with Crippen LogP contribution in [0, 0.1) is 20.8 Å². The van der Waals surface area contributed by atoms with Gasteiger partial charge in [-0.25, -0.2) is 14.6 Å². The van der Waals surface area contributed by atoms with Gasteiger partial charge in [-0.3, -0.25) is 4.79 Å². The SMILES string of the molecule is Cc1cc(-n2nc(C)c(CC(=O)O)c2C)ncn1. The van der Waals surface area contributed by atoms with E-state index in [4.69, 9.17) is 5.11 Å². The molecule has 0 amide bonds. The van der Waals surface area contributed by atoms with Gasteiger partial charge in [0.15, 0.2) is 5.82 Å². The Morgan fingerprint density at radius 3 is 2.67 bits per heavy atom. The number of carboxylic acids is 1. The molecule has 6 heteroatoms. The highest BCUT2D eigenvalue weighted by Crippen LogP contribution is 2.17. The first kappa shape index (κ1) is 12.2. The third-order valence-electron chi connectivity index (χ3n) is 2.78. The number of nitrogens with zero attached hydrogens (tertiary/aromatic N) is 4. The quantitative estimate of drug-likeness (QED) is 0.880. The summed E-state index contributed by atoms with van der Waals surface area (Å²) < 4.78 is 1.66. The molecule has 2 rings (SSSR count). The number of hydrogen-bond acceptors (Lipinski definition) is 4. The van der Waals surface area contributed by atoms with Crippen molar-refractivity contribution in [1.82, 2.24) is 19.7 Å². The average Bonchev–Trinajstić information content (AvgIpc) is 2.56. The molecule has 0 spiro atoms. The van der Waals surface area contributed by atoms with E-state index in [1.165, 1.54) is 6.33 Å². The van der Waals surface area contributed by atoms with E-state index in [2.05, 4.69) is 15.1 Å². The van der Waals surface area contributed by atoms with Crippen LogP contribution in [0.1, 0.15) is 22.6 Å². The lowest BCUT2D eigenvalue weighted by Crippen LogP contribution is -2.05. The lowest BCUT2D eigenvalue weighted by molar-refractivity contribution is -0.136. The maximum atomic E-state index is 10.8. The molecule has 1 N–H and O–H groups in total. The minimum absolute atomic E-state index is 0.0261. The highest BCUT2D eigenvalue weighted by Gasteiger charge is 2.15. The Bertz CT molecular complexity index is 604. The lowest BCUT2D eigenvalue weighted by atomic mass is 10.1. The van der Waals surface area contributed by atoms with Crippen LogP contribution in [0.15, 0.2) is 12.4 Å². The van der Waals surface area contributed by atoms with Crippen molar-refractivity contribution in [3.05, 3.63) is 35.0 Å². The Labute approximate surface area is 104 Å². The molecule has 0 atom stereocenters. The molecule has 0 fully saturated rings. The topological polar surface area (TPSA) is 80.9 Å². The molecule has 2 aromatic heterocycles. The minimum Gasteiger partial charge on any atom is -0.481 e. The van der Waals surface area contributed by atoms with Gasteiger partial charge in [-0.1, -0.05) is 0 Å². The van der Waals surface area contributed by atoms with Crippen LogP contribution >= 0.6 is 0 Å². The zero-order chi connectivity index (χ0) is 13.3. The number of aryl methyl sites for hydroxylation is 2. The monoisotopic (exact) mass is 246 g/mol. The largest absolute Gasteiger partial charge is 0.481 e. The molecule has 94 valence electrons. The summed E-state index contributed by atoms with van der Waals surface area (Å²) >= 11 is 0. The van der Waals surface area contributed by atoms with Crippen molar-refractivity contribution in [2.24, 2.45) is 0 Å². The summed E-state index contributed by atoms with van der Waals surface area (Å²) in [6.07, 6.45) is 1.44. The van der Waals surface area contributed by atoms with Crippen molar-refractivity contribution < 1.29 is 9.90 Å². The molecule has 0 aliphatic rings. The first-order valence-electron chi connectivity index (χ1n) is 5.55. The zero-order valence-corrected chi connectivity index (χ0v) is 10.5. The smallest absolute Gasteiger partial charge is 0.307 e. The molecule has 0 aliphatic heterocycles. The van der Waals surface area contributed by atoms with Crippen LogP contribution in [0.2, 0.25) is 0 Å². The van der Waals surface area contributed by atoms with E-state index in [1.807, 2.05) is 19.9 Å². The van der Waals surface area contributed by atoms with Gasteiger partial charge in [-0.2, -0.15) is 5.10 Å². The van der Waals surface area contributed by atoms with Crippen LogP contribution in [0.4, 0.5) is 0 Å². The first-order valence-corrected chi connectivity index (χ1v) is 5.55. The van der Waals surface area contributed by atoms with E-state index in [-0.39, 0.29) is 6.42 Å². The molecule has 6 nitrogen and oxygen atoms in total. The summed E-state index contributed by atoms with van der Waals surface area (Å²) in [6, 6.07) is 1.81. The first-order chi connectivity index (χ1) is 8.49. The summed E-state index contributed by atoms with van der Waals surface area (Å²) in [4.78, 5) is 19.0. The second-order valence-corrected chi connectivity index (χ2v) is 4.15. The van der Waals surface area contributed by atoms with Gasteiger partial charge < -0.3 is 5.11 Å². The van der Waals surface area contributed by atoms with Crippen molar-refractivity contribution in [2.75, 3.05) is 0 Å². The van der Waals surface area contributed by atoms with Crippen LogP contribution in [0.25, 0.3) is 5.82 Å². The standard InChI is InChI=1S/C12H14N4O2/c1-7-4-11(14-6-13-7)16-9(3)10(5-12(17)18)8(2)15-16/h4,6H,5H2,1-3H3,(H,17,18). The Hall–Kier alpha value is -2.24. The van der Waals surface area contributed by atoms with Crippen molar-refractivity contribution in [3.8, 4) is 5.82 Å². The molecule has 0 aromatic carbocycles. The van der Waals surface area contributed by atoms with Gasteiger partial charge in [0.25, 0.3) is 0 Å². The van der Waals surface area contributed by atoms with E-state index in [0.29, 0.717) is 11.5 Å². The molecule has 0 saturated carbocycles. The van der Waals surface area contributed by atoms with Gasteiger partial charge in [0.2, 0.25) is 0 Å². The summed E-state index contributed by atoms with van der Waals surface area (Å²) in [6.45, 7) is 5.51. The lowest BCUT2D eigenvalue weighted by Gasteiger charge is -2.04. The van der Waals surface area contributed by atoms with Crippen LogP contribution in [0.5, 0.6) is 0 Å². The molecule has 18 heavy (non-hydrogen) atoms. The molecule has 0 radical (unpaired) electrons. The number of carboxylic acid groups (broad SMARTS) is 1. The average molecular weight is 246 g/mol. The van der Waals surface area contributed by atoms with Crippen molar-refractivity contribution >= 4 is 5.97 Å². The van der Waals surface area contributed by atoms with Crippen molar-refractivity contribution in [2.45, 2.75) is 27.2 Å². The third-order valence-corrected chi connectivity index (χ3v) is 2.78. The second-order valence-electron chi connectivity index (χ2n) is 4.15. The van der Waals surface area contributed by atoms with Gasteiger partial charge in [0, 0.05) is 23.0 Å². The van der Waals surface area contributed by atoms with E-state index in [1.54, 1.807) is 11.6 Å². The van der Waals surface area contributed by atoms with Gasteiger partial charge in [-0.15, -0.1) is 0 Å². The molecular weight excluding hydrogens is 232 g/mol. The van der Waals surface area contributed by atoms with Gasteiger partial charge in [0.1, 0.15) is 6.33 Å². The predicted molar refractivity (Wildman–Crippen MR) is 64.7 cm³/mol. The van der Waals surface area contributed by atoms with E-state index < -0.39 is 5.97 Å². The number of hydrogen-bond donors (Lipinski definition) is 1. The number of rotatable bonds is 3. The molecule has 2 aromatic rings. The third kappa shape index (κ3) is 2.22. The van der Waals surface area contributed by atoms with Gasteiger partial charge in [-0.05, 0) is 20.8 Å². The second kappa shape index (κ2) is 4.56. The molecule has 0 aliphatic carbocycles. The van der Waals surface area contributed by atoms with E-state index in [9.17, 15) is 4.79 Å². The van der Waals surface area contributed by atoms with E-state index >= 15 is 0 Å². The maximum Gasteiger partial charge on any atom is 0.307 e. The van der Waals surface area contributed by atoms with Crippen LogP contribution < -0.4 is 0 Å². The maximum absolute atomic E-state index is 10.8. The van der Waals surface area contributed by atoms with Crippen LogP contribution in [-0.2, 0) is 11.2 Å². The fourth-order valence-electron chi connectivity index (χ4n) is 1.86. The Kier molecular flexibility index (Phi) is 3.10. The molecule has 0 saturated heterocycles. The van der Waals surface area contributed by atoms with Crippen LogP contribution in [-0.4, -0.2) is 30.8 Å².